The van der Waals surface area contributed by atoms with Gasteiger partial charge in [-0.1, -0.05) is 12.1 Å². The van der Waals surface area contributed by atoms with Crippen molar-refractivity contribution in [3.05, 3.63) is 58.7 Å². The van der Waals surface area contributed by atoms with E-state index in [0.29, 0.717) is 29.1 Å². The number of carbonyl (C=O) groups is 1. The van der Waals surface area contributed by atoms with Crippen LogP contribution < -0.4 is 9.47 Å². The molecule has 0 spiro atoms. The fourth-order valence-electron chi connectivity index (χ4n) is 2.67. The van der Waals surface area contributed by atoms with Crippen molar-refractivity contribution in [1.29, 1.82) is 0 Å². The number of methoxy groups -OCH3 is 2. The normalized spacial score (nSPS) is 15.0. The molecule has 4 nitrogen and oxygen atoms in total. The standard InChI is InChI=1S/C18H16O4/c1-21-16-9-12-8-13(6-11-4-3-5-14(19)7-11)18(20)15(12)10-17(16)22-2/h3-7,9-10,19H,8H2,1-2H3. The first kappa shape index (κ1) is 14.2. The van der Waals surface area contributed by atoms with Gasteiger partial charge in [0.1, 0.15) is 5.75 Å². The molecule has 2 aromatic carbocycles. The zero-order valence-electron chi connectivity index (χ0n) is 12.4. The van der Waals surface area contributed by atoms with Gasteiger partial charge >= 0.3 is 0 Å². The first-order valence-electron chi connectivity index (χ1n) is 6.91. The Hall–Kier alpha value is -2.75. The maximum atomic E-state index is 12.5. The Morgan fingerprint density at radius 2 is 1.82 bits per heavy atom. The maximum absolute atomic E-state index is 12.5. The smallest absolute Gasteiger partial charge is 0.189 e. The molecule has 112 valence electrons. The van der Waals surface area contributed by atoms with Crippen molar-refractivity contribution < 1.29 is 19.4 Å². The van der Waals surface area contributed by atoms with Gasteiger partial charge in [-0.15, -0.1) is 0 Å². The molecule has 0 bridgehead atoms. The van der Waals surface area contributed by atoms with E-state index in [-0.39, 0.29) is 11.5 Å². The quantitative estimate of drug-likeness (QED) is 0.884. The minimum atomic E-state index is -0.0145. The van der Waals surface area contributed by atoms with Crippen molar-refractivity contribution in [1.82, 2.24) is 0 Å². The molecule has 0 atom stereocenters. The molecule has 1 aliphatic carbocycles. The zero-order valence-corrected chi connectivity index (χ0v) is 12.4. The minimum Gasteiger partial charge on any atom is -0.508 e. The summed E-state index contributed by atoms with van der Waals surface area (Å²) in [6.07, 6.45) is 2.35. The highest BCUT2D eigenvalue weighted by Crippen LogP contribution is 2.37. The van der Waals surface area contributed by atoms with E-state index in [9.17, 15) is 9.90 Å². The lowest BCUT2D eigenvalue weighted by atomic mass is 10.1. The van der Waals surface area contributed by atoms with Gasteiger partial charge in [0.05, 0.1) is 14.2 Å². The molecule has 3 rings (SSSR count). The zero-order chi connectivity index (χ0) is 15.7. The Morgan fingerprint density at radius 3 is 2.50 bits per heavy atom. The third-order valence-electron chi connectivity index (χ3n) is 3.74. The van der Waals surface area contributed by atoms with E-state index in [4.69, 9.17) is 9.47 Å². The highest BCUT2D eigenvalue weighted by molar-refractivity contribution is 6.15. The Bertz CT molecular complexity index is 775. The van der Waals surface area contributed by atoms with Crippen molar-refractivity contribution in [2.24, 2.45) is 0 Å². The number of rotatable bonds is 3. The molecular weight excluding hydrogens is 280 g/mol. The largest absolute Gasteiger partial charge is 0.508 e. The van der Waals surface area contributed by atoms with E-state index < -0.39 is 0 Å². The average molecular weight is 296 g/mol. The van der Waals surface area contributed by atoms with Crippen LogP contribution in [0.4, 0.5) is 0 Å². The summed E-state index contributed by atoms with van der Waals surface area (Å²) in [5.74, 6) is 1.33. The Morgan fingerprint density at radius 1 is 1.09 bits per heavy atom. The highest BCUT2D eigenvalue weighted by Gasteiger charge is 2.27. The number of phenolic OH excluding ortho intramolecular Hbond substituents is 1. The predicted molar refractivity (Wildman–Crippen MR) is 83.7 cm³/mol. The number of hydrogen-bond donors (Lipinski definition) is 1. The molecular formula is C18H16O4. The maximum Gasteiger partial charge on any atom is 0.189 e. The summed E-state index contributed by atoms with van der Waals surface area (Å²) in [4.78, 5) is 12.5. The summed E-state index contributed by atoms with van der Waals surface area (Å²) >= 11 is 0. The summed E-state index contributed by atoms with van der Waals surface area (Å²) in [6.45, 7) is 0. The molecule has 0 saturated heterocycles. The fraction of sp³-hybridized carbons (Fsp3) is 0.167. The molecule has 0 unspecified atom stereocenters. The van der Waals surface area contributed by atoms with Crippen LogP contribution in [0.5, 0.6) is 17.2 Å². The predicted octanol–water partition coefficient (Wildman–Crippen LogP) is 3.23. The van der Waals surface area contributed by atoms with Crippen molar-refractivity contribution in [3.63, 3.8) is 0 Å². The Kier molecular flexibility index (Phi) is 3.59. The van der Waals surface area contributed by atoms with E-state index in [2.05, 4.69) is 0 Å². The minimum absolute atomic E-state index is 0.0145. The number of hydrogen-bond acceptors (Lipinski definition) is 4. The van der Waals surface area contributed by atoms with Crippen molar-refractivity contribution in [2.45, 2.75) is 6.42 Å². The third kappa shape index (κ3) is 2.44. The molecule has 0 amide bonds. The van der Waals surface area contributed by atoms with E-state index in [1.807, 2.05) is 12.1 Å². The molecule has 0 saturated carbocycles. The van der Waals surface area contributed by atoms with Gasteiger partial charge < -0.3 is 14.6 Å². The first-order chi connectivity index (χ1) is 10.6. The van der Waals surface area contributed by atoms with Crippen LogP contribution in [0.25, 0.3) is 6.08 Å². The average Bonchev–Trinajstić information content (AvgIpc) is 2.81. The van der Waals surface area contributed by atoms with E-state index in [1.165, 1.54) is 0 Å². The summed E-state index contributed by atoms with van der Waals surface area (Å²) < 4.78 is 10.5. The topological polar surface area (TPSA) is 55.8 Å². The van der Waals surface area contributed by atoms with Gasteiger partial charge in [0, 0.05) is 17.6 Å². The van der Waals surface area contributed by atoms with Crippen molar-refractivity contribution >= 4 is 11.9 Å². The van der Waals surface area contributed by atoms with Gasteiger partial charge in [-0.2, -0.15) is 0 Å². The first-order valence-corrected chi connectivity index (χ1v) is 6.91. The van der Waals surface area contributed by atoms with Gasteiger partial charge in [0.15, 0.2) is 17.3 Å². The Labute approximate surface area is 128 Å². The van der Waals surface area contributed by atoms with E-state index in [0.717, 1.165) is 11.1 Å². The number of carbonyl (C=O) groups excluding carboxylic acids is 1. The van der Waals surface area contributed by atoms with Crippen LogP contribution >= 0.6 is 0 Å². The monoisotopic (exact) mass is 296 g/mol. The van der Waals surface area contributed by atoms with E-state index >= 15 is 0 Å². The lowest BCUT2D eigenvalue weighted by Gasteiger charge is -2.08. The van der Waals surface area contributed by atoms with Crippen LogP contribution in [0.15, 0.2) is 42.0 Å². The molecule has 4 heteroatoms. The highest BCUT2D eigenvalue weighted by atomic mass is 16.5. The number of benzene rings is 2. The summed E-state index contributed by atoms with van der Waals surface area (Å²) in [5.41, 5.74) is 3.06. The SMILES string of the molecule is COc1cc2c(cc1OC)C(=O)C(=Cc1cccc(O)c1)C2. The van der Waals surface area contributed by atoms with Gasteiger partial charge in [0.2, 0.25) is 0 Å². The van der Waals surface area contributed by atoms with Crippen LogP contribution in [0.1, 0.15) is 21.5 Å². The second kappa shape index (κ2) is 5.56. The van der Waals surface area contributed by atoms with Crippen molar-refractivity contribution in [2.75, 3.05) is 14.2 Å². The number of aromatic hydroxyl groups is 1. The number of allylic oxidation sites excluding steroid dienone is 1. The van der Waals surface area contributed by atoms with Gasteiger partial charge in [0.25, 0.3) is 0 Å². The number of ether oxygens (including phenoxy) is 2. The van der Waals surface area contributed by atoms with Gasteiger partial charge in [-0.3, -0.25) is 4.79 Å². The number of fused-ring (bicyclic) bond motifs is 1. The molecule has 0 aromatic heterocycles. The number of ketones is 1. The van der Waals surface area contributed by atoms with Crippen LogP contribution in [-0.2, 0) is 6.42 Å². The van der Waals surface area contributed by atoms with Crippen LogP contribution in [0.3, 0.4) is 0 Å². The van der Waals surface area contributed by atoms with Crippen LogP contribution in [0, 0.1) is 0 Å². The van der Waals surface area contributed by atoms with Gasteiger partial charge in [-0.25, -0.2) is 0 Å². The Balaban J connectivity index is 2.00. The van der Waals surface area contributed by atoms with Crippen LogP contribution in [-0.4, -0.2) is 25.1 Å². The van der Waals surface area contributed by atoms with Crippen LogP contribution in [0.2, 0.25) is 0 Å². The molecule has 0 fully saturated rings. The molecule has 0 aliphatic heterocycles. The summed E-state index contributed by atoms with van der Waals surface area (Å²) in [7, 11) is 3.12. The van der Waals surface area contributed by atoms with E-state index in [1.54, 1.807) is 44.6 Å². The number of phenols is 1. The van der Waals surface area contributed by atoms with Gasteiger partial charge in [-0.05, 0) is 41.5 Å². The lowest BCUT2D eigenvalue weighted by molar-refractivity contribution is 0.104. The molecule has 1 aliphatic rings. The summed E-state index contributed by atoms with van der Waals surface area (Å²) in [6, 6.07) is 10.4. The molecule has 0 heterocycles. The lowest BCUT2D eigenvalue weighted by Crippen LogP contribution is -1.97. The fourth-order valence-corrected chi connectivity index (χ4v) is 2.67. The molecule has 0 radical (unpaired) electrons. The number of Topliss-reactive ketones (excluding diaryl/α,β-unsaturated/α-hetero) is 1. The summed E-state index contributed by atoms with van der Waals surface area (Å²) in [5, 5.41) is 9.52. The van der Waals surface area contributed by atoms with Crippen molar-refractivity contribution in [3.8, 4) is 17.2 Å². The molecule has 22 heavy (non-hydrogen) atoms. The second-order valence-corrected chi connectivity index (χ2v) is 5.13. The molecule has 2 aromatic rings. The second-order valence-electron chi connectivity index (χ2n) is 5.13. The third-order valence-corrected chi connectivity index (χ3v) is 3.74. The molecule has 1 N–H and O–H groups in total.